The first-order valence-corrected chi connectivity index (χ1v) is 6.71. The second-order valence-electron chi connectivity index (χ2n) is 4.42. The van der Waals surface area contributed by atoms with E-state index in [2.05, 4.69) is 10.9 Å². The Hall–Kier alpha value is -3.09. The Morgan fingerprint density at radius 1 is 1.00 bits per heavy atom. The summed E-state index contributed by atoms with van der Waals surface area (Å²) in [6.45, 7) is -0.335. The van der Waals surface area contributed by atoms with E-state index < -0.39 is 17.6 Å². The quantitative estimate of drug-likeness (QED) is 0.822. The van der Waals surface area contributed by atoms with Crippen LogP contribution in [0.4, 0.5) is 4.39 Å². The van der Waals surface area contributed by atoms with Crippen molar-refractivity contribution in [2.75, 3.05) is 13.7 Å². The van der Waals surface area contributed by atoms with E-state index in [1.54, 1.807) is 24.3 Å². The van der Waals surface area contributed by atoms with Crippen LogP contribution < -0.4 is 20.3 Å². The van der Waals surface area contributed by atoms with E-state index in [9.17, 15) is 14.0 Å². The predicted octanol–water partition coefficient (Wildman–Crippen LogP) is 1.67. The Morgan fingerprint density at radius 2 is 1.65 bits per heavy atom. The van der Waals surface area contributed by atoms with Gasteiger partial charge >= 0.3 is 0 Å². The standard InChI is InChI=1S/C16H15FN2O4/c1-22-13-8-4-5-9-14(13)23-10-15(20)18-19-16(21)11-6-2-3-7-12(11)17/h2-9H,10H2,1H3,(H,18,20)(H,19,21). The lowest BCUT2D eigenvalue weighted by Gasteiger charge is -2.11. The predicted molar refractivity (Wildman–Crippen MR) is 80.5 cm³/mol. The van der Waals surface area contributed by atoms with Crippen LogP contribution in [0.5, 0.6) is 11.5 Å². The van der Waals surface area contributed by atoms with Crippen LogP contribution in [0, 0.1) is 5.82 Å². The summed E-state index contributed by atoms with van der Waals surface area (Å²) >= 11 is 0. The second kappa shape index (κ2) is 7.79. The van der Waals surface area contributed by atoms with Gasteiger partial charge in [-0.2, -0.15) is 0 Å². The van der Waals surface area contributed by atoms with Gasteiger partial charge in [0.05, 0.1) is 12.7 Å². The number of carbonyl (C=O) groups is 2. The molecule has 0 unspecified atom stereocenters. The van der Waals surface area contributed by atoms with Crippen LogP contribution >= 0.6 is 0 Å². The Morgan fingerprint density at radius 3 is 2.35 bits per heavy atom. The van der Waals surface area contributed by atoms with Gasteiger partial charge < -0.3 is 9.47 Å². The lowest BCUT2D eigenvalue weighted by molar-refractivity contribution is -0.123. The van der Waals surface area contributed by atoms with Crippen molar-refractivity contribution in [2.45, 2.75) is 0 Å². The molecule has 0 aliphatic carbocycles. The molecule has 7 heteroatoms. The van der Waals surface area contributed by atoms with Crippen LogP contribution in [0.15, 0.2) is 48.5 Å². The molecule has 0 radical (unpaired) electrons. The fourth-order valence-electron chi connectivity index (χ4n) is 1.76. The summed E-state index contributed by atoms with van der Waals surface area (Å²) in [5.74, 6) is -1.15. The van der Waals surface area contributed by atoms with Gasteiger partial charge in [-0.3, -0.25) is 20.4 Å². The van der Waals surface area contributed by atoms with E-state index in [0.29, 0.717) is 11.5 Å². The highest BCUT2D eigenvalue weighted by molar-refractivity contribution is 5.95. The van der Waals surface area contributed by atoms with Crippen molar-refractivity contribution in [2.24, 2.45) is 0 Å². The van der Waals surface area contributed by atoms with Crippen molar-refractivity contribution in [1.82, 2.24) is 10.9 Å². The average Bonchev–Trinajstić information content (AvgIpc) is 2.58. The number of carbonyl (C=O) groups excluding carboxylic acids is 2. The SMILES string of the molecule is COc1ccccc1OCC(=O)NNC(=O)c1ccccc1F. The zero-order valence-electron chi connectivity index (χ0n) is 12.3. The summed E-state index contributed by atoms with van der Waals surface area (Å²) in [6.07, 6.45) is 0. The Labute approximate surface area is 132 Å². The zero-order chi connectivity index (χ0) is 16.7. The maximum absolute atomic E-state index is 13.4. The second-order valence-corrected chi connectivity index (χ2v) is 4.42. The summed E-state index contributed by atoms with van der Waals surface area (Å²) in [7, 11) is 1.48. The van der Waals surface area contributed by atoms with Crippen molar-refractivity contribution in [3.63, 3.8) is 0 Å². The molecule has 2 aromatic rings. The first-order chi connectivity index (χ1) is 11.1. The molecule has 0 atom stereocenters. The van der Waals surface area contributed by atoms with Gasteiger partial charge in [0.15, 0.2) is 18.1 Å². The van der Waals surface area contributed by atoms with Crippen LogP contribution in [0.25, 0.3) is 0 Å². The number of ether oxygens (including phenoxy) is 2. The number of para-hydroxylation sites is 2. The van der Waals surface area contributed by atoms with Gasteiger partial charge in [-0.15, -0.1) is 0 Å². The van der Waals surface area contributed by atoms with Gasteiger partial charge in [0.1, 0.15) is 5.82 Å². The van der Waals surface area contributed by atoms with Gasteiger partial charge in [-0.25, -0.2) is 4.39 Å². The Balaban J connectivity index is 1.84. The van der Waals surface area contributed by atoms with Gasteiger partial charge in [-0.1, -0.05) is 24.3 Å². The molecule has 0 aliphatic rings. The monoisotopic (exact) mass is 318 g/mol. The lowest BCUT2D eigenvalue weighted by atomic mass is 10.2. The number of hydrogen-bond donors (Lipinski definition) is 2. The molecule has 0 bridgehead atoms. The minimum Gasteiger partial charge on any atom is -0.493 e. The zero-order valence-corrected chi connectivity index (χ0v) is 12.3. The van der Waals surface area contributed by atoms with Crippen molar-refractivity contribution in [3.05, 3.63) is 59.9 Å². The van der Waals surface area contributed by atoms with E-state index in [-0.39, 0.29) is 12.2 Å². The van der Waals surface area contributed by atoms with E-state index in [1.807, 2.05) is 0 Å². The molecule has 23 heavy (non-hydrogen) atoms. The summed E-state index contributed by atoms with van der Waals surface area (Å²) in [5.41, 5.74) is 4.09. The van der Waals surface area contributed by atoms with Crippen LogP contribution in [0.2, 0.25) is 0 Å². The van der Waals surface area contributed by atoms with E-state index >= 15 is 0 Å². The van der Waals surface area contributed by atoms with Gasteiger partial charge in [0, 0.05) is 0 Å². The number of nitrogens with one attached hydrogen (secondary N) is 2. The summed E-state index contributed by atoms with van der Waals surface area (Å²) in [5, 5.41) is 0. The Kier molecular flexibility index (Phi) is 5.51. The summed E-state index contributed by atoms with van der Waals surface area (Å²) in [6, 6.07) is 12.3. The lowest BCUT2D eigenvalue weighted by Crippen LogP contribution is -2.44. The molecule has 0 fully saturated rings. The number of hydrogen-bond acceptors (Lipinski definition) is 4. The normalized spacial score (nSPS) is 9.83. The van der Waals surface area contributed by atoms with Crippen LogP contribution in [0.3, 0.4) is 0 Å². The molecule has 2 aromatic carbocycles. The highest BCUT2D eigenvalue weighted by Gasteiger charge is 2.12. The van der Waals surface area contributed by atoms with E-state index in [0.717, 1.165) is 6.07 Å². The largest absolute Gasteiger partial charge is 0.493 e. The van der Waals surface area contributed by atoms with Gasteiger partial charge in [0.2, 0.25) is 0 Å². The van der Waals surface area contributed by atoms with Gasteiger partial charge in [0.25, 0.3) is 11.8 Å². The maximum atomic E-state index is 13.4. The van der Waals surface area contributed by atoms with Gasteiger partial charge in [-0.05, 0) is 24.3 Å². The molecule has 0 saturated carbocycles. The molecule has 0 saturated heterocycles. The molecule has 2 rings (SSSR count). The third kappa shape index (κ3) is 4.44. The van der Waals surface area contributed by atoms with Crippen LogP contribution in [-0.4, -0.2) is 25.5 Å². The van der Waals surface area contributed by atoms with Crippen molar-refractivity contribution >= 4 is 11.8 Å². The molecular weight excluding hydrogens is 303 g/mol. The van der Waals surface area contributed by atoms with Crippen molar-refractivity contribution in [1.29, 1.82) is 0 Å². The molecule has 2 amide bonds. The highest BCUT2D eigenvalue weighted by atomic mass is 19.1. The van der Waals surface area contributed by atoms with E-state index in [4.69, 9.17) is 9.47 Å². The highest BCUT2D eigenvalue weighted by Crippen LogP contribution is 2.25. The number of benzene rings is 2. The third-order valence-corrected chi connectivity index (χ3v) is 2.86. The number of halogens is 1. The molecule has 120 valence electrons. The number of amides is 2. The minimum atomic E-state index is -0.756. The smallest absolute Gasteiger partial charge is 0.276 e. The molecule has 6 nitrogen and oxygen atoms in total. The Bertz CT molecular complexity index is 706. The van der Waals surface area contributed by atoms with Crippen LogP contribution in [0.1, 0.15) is 10.4 Å². The van der Waals surface area contributed by atoms with Crippen molar-refractivity contribution in [3.8, 4) is 11.5 Å². The molecule has 2 N–H and O–H groups in total. The fraction of sp³-hybridized carbons (Fsp3) is 0.125. The van der Waals surface area contributed by atoms with Crippen LogP contribution in [-0.2, 0) is 4.79 Å². The topological polar surface area (TPSA) is 76.7 Å². The molecular formula is C16H15FN2O4. The minimum absolute atomic E-state index is 0.168. The maximum Gasteiger partial charge on any atom is 0.276 e. The van der Waals surface area contributed by atoms with E-state index in [1.165, 1.54) is 25.3 Å². The van der Waals surface area contributed by atoms with Crippen molar-refractivity contribution < 1.29 is 23.5 Å². The molecule has 0 aliphatic heterocycles. The molecule has 0 aromatic heterocycles. The number of methoxy groups -OCH3 is 1. The number of rotatable bonds is 5. The first-order valence-electron chi connectivity index (χ1n) is 6.71. The average molecular weight is 318 g/mol. The summed E-state index contributed by atoms with van der Waals surface area (Å²) in [4.78, 5) is 23.4. The molecule has 0 spiro atoms. The molecule has 0 heterocycles. The summed E-state index contributed by atoms with van der Waals surface area (Å²) < 4.78 is 23.8. The number of hydrazine groups is 1. The fourth-order valence-corrected chi connectivity index (χ4v) is 1.76. The first kappa shape index (κ1) is 16.3. The third-order valence-electron chi connectivity index (χ3n) is 2.86.